The fraction of sp³-hybridized carbons (Fsp3) is 0.929. The standard InChI is InChI=1S/C14H30N4/c1-3-4-5-6-9-16-14(15)17-11-13-8-7-10-18(2)12-13/h13H,3-12H2,1-2H3,(H3,15,16,17). The third-order valence-corrected chi connectivity index (χ3v) is 3.58. The van der Waals surface area contributed by atoms with Gasteiger partial charge in [0.25, 0.3) is 0 Å². The second kappa shape index (κ2) is 9.20. The van der Waals surface area contributed by atoms with Gasteiger partial charge >= 0.3 is 0 Å². The Hall–Kier alpha value is -0.770. The summed E-state index contributed by atoms with van der Waals surface area (Å²) in [5, 5.41) is 3.21. The fourth-order valence-electron chi connectivity index (χ4n) is 2.47. The van der Waals surface area contributed by atoms with Crippen molar-refractivity contribution in [1.82, 2.24) is 10.2 Å². The normalized spacial score (nSPS) is 22.1. The Bertz CT molecular complexity index is 240. The third-order valence-electron chi connectivity index (χ3n) is 3.58. The molecule has 1 heterocycles. The van der Waals surface area contributed by atoms with Gasteiger partial charge in [-0.15, -0.1) is 0 Å². The number of aliphatic imine (C=N–C) groups is 1. The Morgan fingerprint density at radius 3 is 2.94 bits per heavy atom. The smallest absolute Gasteiger partial charge is 0.188 e. The van der Waals surface area contributed by atoms with Crippen LogP contribution in [0.25, 0.3) is 0 Å². The van der Waals surface area contributed by atoms with Crippen molar-refractivity contribution in [2.75, 3.05) is 33.2 Å². The molecule has 4 nitrogen and oxygen atoms in total. The molecule has 1 fully saturated rings. The maximum Gasteiger partial charge on any atom is 0.188 e. The van der Waals surface area contributed by atoms with Crippen LogP contribution >= 0.6 is 0 Å². The molecule has 0 aromatic heterocycles. The molecule has 1 atom stereocenters. The lowest BCUT2D eigenvalue weighted by Crippen LogP contribution is -2.36. The molecule has 18 heavy (non-hydrogen) atoms. The van der Waals surface area contributed by atoms with E-state index in [0.29, 0.717) is 11.9 Å². The first-order chi connectivity index (χ1) is 8.72. The van der Waals surface area contributed by atoms with Crippen LogP contribution < -0.4 is 11.1 Å². The molecule has 0 spiro atoms. The first-order valence-electron chi connectivity index (χ1n) is 7.44. The van der Waals surface area contributed by atoms with Gasteiger partial charge in [0.05, 0.1) is 0 Å². The Morgan fingerprint density at radius 1 is 1.39 bits per heavy atom. The molecule has 1 aliphatic heterocycles. The molecule has 3 N–H and O–H groups in total. The maximum atomic E-state index is 5.87. The summed E-state index contributed by atoms with van der Waals surface area (Å²) in [4.78, 5) is 6.84. The summed E-state index contributed by atoms with van der Waals surface area (Å²) in [6, 6.07) is 0. The zero-order chi connectivity index (χ0) is 13.2. The number of nitrogens with two attached hydrogens (primary N) is 1. The van der Waals surface area contributed by atoms with Crippen molar-refractivity contribution >= 4 is 5.96 Å². The van der Waals surface area contributed by atoms with Crippen LogP contribution in [-0.4, -0.2) is 44.1 Å². The summed E-state index contributed by atoms with van der Waals surface area (Å²) in [5.74, 6) is 1.31. The lowest BCUT2D eigenvalue weighted by atomic mass is 9.99. The summed E-state index contributed by atoms with van der Waals surface area (Å²) in [7, 11) is 2.19. The van der Waals surface area contributed by atoms with Crippen LogP contribution in [-0.2, 0) is 0 Å². The number of piperidine rings is 1. The highest BCUT2D eigenvalue weighted by Crippen LogP contribution is 2.14. The fourth-order valence-corrected chi connectivity index (χ4v) is 2.47. The van der Waals surface area contributed by atoms with Gasteiger partial charge in [-0.1, -0.05) is 26.2 Å². The van der Waals surface area contributed by atoms with Gasteiger partial charge in [-0.2, -0.15) is 0 Å². The van der Waals surface area contributed by atoms with Crippen LogP contribution in [0.5, 0.6) is 0 Å². The monoisotopic (exact) mass is 254 g/mol. The minimum absolute atomic E-state index is 0.625. The Labute approximate surface area is 112 Å². The van der Waals surface area contributed by atoms with Crippen LogP contribution in [0.4, 0.5) is 0 Å². The zero-order valence-electron chi connectivity index (χ0n) is 12.1. The van der Waals surface area contributed by atoms with E-state index >= 15 is 0 Å². The van der Waals surface area contributed by atoms with Crippen LogP contribution in [0.15, 0.2) is 4.99 Å². The van der Waals surface area contributed by atoms with Gasteiger partial charge in [-0.3, -0.25) is 4.99 Å². The van der Waals surface area contributed by atoms with E-state index in [1.807, 2.05) is 0 Å². The molecule has 0 bridgehead atoms. The molecule has 0 amide bonds. The van der Waals surface area contributed by atoms with E-state index < -0.39 is 0 Å². The van der Waals surface area contributed by atoms with Crippen molar-refractivity contribution in [1.29, 1.82) is 0 Å². The molecular weight excluding hydrogens is 224 g/mol. The van der Waals surface area contributed by atoms with Crippen molar-refractivity contribution in [3.63, 3.8) is 0 Å². The Morgan fingerprint density at radius 2 is 2.22 bits per heavy atom. The van der Waals surface area contributed by atoms with Crippen molar-refractivity contribution in [2.45, 2.75) is 45.4 Å². The second-order valence-electron chi connectivity index (χ2n) is 5.48. The van der Waals surface area contributed by atoms with E-state index in [2.05, 4.69) is 29.2 Å². The van der Waals surface area contributed by atoms with E-state index in [1.165, 1.54) is 45.1 Å². The molecule has 0 aromatic rings. The third kappa shape index (κ3) is 6.84. The number of hydrogen-bond donors (Lipinski definition) is 2. The summed E-state index contributed by atoms with van der Waals surface area (Å²) in [6.07, 6.45) is 7.64. The van der Waals surface area contributed by atoms with Crippen LogP contribution in [0.3, 0.4) is 0 Å². The van der Waals surface area contributed by atoms with Gasteiger partial charge in [-0.25, -0.2) is 0 Å². The molecule has 1 rings (SSSR count). The van der Waals surface area contributed by atoms with E-state index in [-0.39, 0.29) is 0 Å². The van der Waals surface area contributed by atoms with Gasteiger partial charge in [0.2, 0.25) is 0 Å². The average molecular weight is 254 g/mol. The predicted molar refractivity (Wildman–Crippen MR) is 78.9 cm³/mol. The molecule has 4 heteroatoms. The van der Waals surface area contributed by atoms with E-state index in [1.54, 1.807) is 0 Å². The molecule has 0 aliphatic carbocycles. The highest BCUT2D eigenvalue weighted by atomic mass is 15.1. The summed E-state index contributed by atoms with van der Waals surface area (Å²) < 4.78 is 0. The van der Waals surface area contributed by atoms with Gasteiger partial charge in [0, 0.05) is 19.6 Å². The number of likely N-dealkylation sites (tertiary alicyclic amines) is 1. The first-order valence-corrected chi connectivity index (χ1v) is 7.44. The van der Waals surface area contributed by atoms with Crippen LogP contribution in [0, 0.1) is 5.92 Å². The molecule has 1 aliphatic rings. The number of nitrogens with one attached hydrogen (secondary N) is 1. The SMILES string of the molecule is CCCCCCNC(N)=NCC1CCCN(C)C1. The quantitative estimate of drug-likeness (QED) is 0.414. The minimum atomic E-state index is 0.625. The first kappa shape index (κ1) is 15.3. The van der Waals surface area contributed by atoms with Gasteiger partial charge < -0.3 is 16.0 Å². The molecule has 0 aromatic carbocycles. The Balaban J connectivity index is 2.09. The number of hydrogen-bond acceptors (Lipinski definition) is 2. The van der Waals surface area contributed by atoms with E-state index in [9.17, 15) is 0 Å². The van der Waals surface area contributed by atoms with Crippen LogP contribution in [0.1, 0.15) is 45.4 Å². The van der Waals surface area contributed by atoms with E-state index in [0.717, 1.165) is 19.6 Å². The van der Waals surface area contributed by atoms with E-state index in [4.69, 9.17) is 5.73 Å². The molecule has 106 valence electrons. The number of unbranched alkanes of at least 4 members (excludes halogenated alkanes) is 3. The maximum absolute atomic E-state index is 5.87. The van der Waals surface area contributed by atoms with Crippen molar-refractivity contribution in [2.24, 2.45) is 16.6 Å². The van der Waals surface area contributed by atoms with Crippen LogP contribution in [0.2, 0.25) is 0 Å². The highest BCUT2D eigenvalue weighted by molar-refractivity contribution is 5.77. The predicted octanol–water partition coefficient (Wildman–Crippen LogP) is 1.81. The summed E-state index contributed by atoms with van der Waals surface area (Å²) >= 11 is 0. The molecule has 0 saturated carbocycles. The molecular formula is C14H30N4. The summed E-state index contributed by atoms with van der Waals surface area (Å²) in [6.45, 7) is 6.45. The molecule has 1 unspecified atom stereocenters. The average Bonchev–Trinajstić information content (AvgIpc) is 2.36. The second-order valence-corrected chi connectivity index (χ2v) is 5.48. The Kier molecular flexibility index (Phi) is 7.81. The summed E-state index contributed by atoms with van der Waals surface area (Å²) in [5.41, 5.74) is 5.87. The zero-order valence-corrected chi connectivity index (χ0v) is 12.1. The van der Waals surface area contributed by atoms with Gasteiger partial charge in [0.1, 0.15) is 0 Å². The van der Waals surface area contributed by atoms with Crippen molar-refractivity contribution < 1.29 is 0 Å². The minimum Gasteiger partial charge on any atom is -0.370 e. The number of nitrogens with zero attached hydrogens (tertiary/aromatic N) is 2. The number of guanidine groups is 1. The lowest BCUT2D eigenvalue weighted by molar-refractivity contribution is 0.214. The molecule has 1 saturated heterocycles. The number of rotatable bonds is 7. The van der Waals surface area contributed by atoms with Crippen molar-refractivity contribution in [3.8, 4) is 0 Å². The van der Waals surface area contributed by atoms with Gasteiger partial charge in [-0.05, 0) is 38.8 Å². The molecule has 0 radical (unpaired) electrons. The largest absolute Gasteiger partial charge is 0.370 e. The van der Waals surface area contributed by atoms with Crippen molar-refractivity contribution in [3.05, 3.63) is 0 Å². The lowest BCUT2D eigenvalue weighted by Gasteiger charge is -2.28. The topological polar surface area (TPSA) is 53.6 Å². The van der Waals surface area contributed by atoms with Gasteiger partial charge in [0.15, 0.2) is 5.96 Å². The highest BCUT2D eigenvalue weighted by Gasteiger charge is 2.16.